The molecular formula is C18H19F3N4O2. The fourth-order valence-corrected chi connectivity index (χ4v) is 2.92. The number of nitrogens with zero attached hydrogens (tertiary/aromatic N) is 2. The maximum Gasteiger partial charge on any atom is 0.417 e. The van der Waals surface area contributed by atoms with Gasteiger partial charge in [-0.3, -0.25) is 0 Å². The summed E-state index contributed by atoms with van der Waals surface area (Å²) in [6.45, 7) is 1.07. The van der Waals surface area contributed by atoms with E-state index in [0.717, 1.165) is 12.3 Å². The van der Waals surface area contributed by atoms with Gasteiger partial charge in [0.15, 0.2) is 0 Å². The van der Waals surface area contributed by atoms with Crippen molar-refractivity contribution in [1.29, 1.82) is 0 Å². The molecule has 1 unspecified atom stereocenters. The lowest BCUT2D eigenvalue weighted by molar-refractivity contribution is -0.137. The number of hydrogen-bond donors (Lipinski definition) is 2. The summed E-state index contributed by atoms with van der Waals surface area (Å²) in [6, 6.07) is 8.90. The van der Waals surface area contributed by atoms with E-state index in [0.29, 0.717) is 36.8 Å². The van der Waals surface area contributed by atoms with E-state index in [1.54, 1.807) is 24.3 Å². The van der Waals surface area contributed by atoms with E-state index in [2.05, 4.69) is 15.6 Å². The van der Waals surface area contributed by atoms with Gasteiger partial charge in [-0.25, -0.2) is 9.78 Å². The first kappa shape index (κ1) is 18.8. The maximum atomic E-state index is 12.6. The van der Waals surface area contributed by atoms with Crippen LogP contribution in [0.25, 0.3) is 0 Å². The zero-order valence-electron chi connectivity index (χ0n) is 14.6. The van der Waals surface area contributed by atoms with Crippen molar-refractivity contribution < 1.29 is 22.7 Å². The van der Waals surface area contributed by atoms with Gasteiger partial charge in [-0.1, -0.05) is 12.1 Å². The lowest BCUT2D eigenvalue weighted by Gasteiger charge is -2.19. The molecule has 2 amide bonds. The van der Waals surface area contributed by atoms with E-state index in [-0.39, 0.29) is 12.1 Å². The Morgan fingerprint density at radius 2 is 2.04 bits per heavy atom. The average molecular weight is 380 g/mol. The van der Waals surface area contributed by atoms with Gasteiger partial charge in [0, 0.05) is 25.3 Å². The minimum atomic E-state index is -4.41. The van der Waals surface area contributed by atoms with Gasteiger partial charge in [0.2, 0.25) is 0 Å². The third-order valence-corrected chi connectivity index (χ3v) is 4.28. The molecule has 0 radical (unpaired) electrons. The molecule has 1 aliphatic rings. The number of alkyl halides is 3. The number of urea groups is 1. The highest BCUT2D eigenvalue weighted by Crippen LogP contribution is 2.30. The van der Waals surface area contributed by atoms with Crippen molar-refractivity contribution in [3.05, 3.63) is 48.2 Å². The van der Waals surface area contributed by atoms with Crippen molar-refractivity contribution in [3.8, 4) is 5.75 Å². The minimum absolute atomic E-state index is 0.135. The first-order chi connectivity index (χ1) is 12.9. The highest BCUT2D eigenvalue weighted by Gasteiger charge is 2.31. The fraction of sp³-hybridized carbons (Fsp3) is 0.333. The van der Waals surface area contributed by atoms with Crippen molar-refractivity contribution in [1.82, 2.24) is 10.3 Å². The molecule has 2 aromatic rings. The number of ether oxygens (including phenoxy) is 1. The Bertz CT molecular complexity index is 796. The molecular weight excluding hydrogens is 361 g/mol. The SMILES string of the molecule is COc1ccccc1NC(=O)NC1CCN(c2ccc(C(F)(F)F)cn2)C1. The largest absolute Gasteiger partial charge is 0.495 e. The third kappa shape index (κ3) is 4.60. The van der Waals surface area contributed by atoms with Gasteiger partial charge in [0.1, 0.15) is 11.6 Å². The molecule has 1 aromatic heterocycles. The van der Waals surface area contributed by atoms with Crippen LogP contribution in [0.15, 0.2) is 42.6 Å². The number of anilines is 2. The lowest BCUT2D eigenvalue weighted by atomic mass is 10.2. The summed E-state index contributed by atoms with van der Waals surface area (Å²) in [7, 11) is 1.52. The summed E-state index contributed by atoms with van der Waals surface area (Å²) in [4.78, 5) is 17.9. The molecule has 6 nitrogen and oxygen atoms in total. The van der Waals surface area contributed by atoms with Gasteiger partial charge in [-0.2, -0.15) is 13.2 Å². The Morgan fingerprint density at radius 1 is 1.26 bits per heavy atom. The van der Waals surface area contributed by atoms with E-state index in [9.17, 15) is 18.0 Å². The van der Waals surface area contributed by atoms with Gasteiger partial charge >= 0.3 is 12.2 Å². The molecule has 2 N–H and O–H groups in total. The Hall–Kier alpha value is -2.97. The zero-order valence-corrected chi connectivity index (χ0v) is 14.6. The molecule has 0 bridgehead atoms. The first-order valence-electron chi connectivity index (χ1n) is 8.35. The number of halogens is 3. The van der Waals surface area contributed by atoms with Crippen LogP contribution in [0.5, 0.6) is 5.75 Å². The Morgan fingerprint density at radius 3 is 2.70 bits per heavy atom. The topological polar surface area (TPSA) is 66.5 Å². The Kier molecular flexibility index (Phi) is 5.38. The van der Waals surface area contributed by atoms with Crippen LogP contribution in [-0.2, 0) is 6.18 Å². The second-order valence-electron chi connectivity index (χ2n) is 6.13. The van der Waals surface area contributed by atoms with E-state index in [1.807, 2.05) is 4.90 Å². The van der Waals surface area contributed by atoms with E-state index in [1.165, 1.54) is 13.2 Å². The second-order valence-corrected chi connectivity index (χ2v) is 6.13. The molecule has 3 rings (SSSR count). The molecule has 0 aliphatic carbocycles. The standard InChI is InChI=1S/C18H19F3N4O2/c1-27-15-5-3-2-4-14(15)24-17(26)23-13-8-9-25(11-13)16-7-6-12(10-22-16)18(19,20)21/h2-7,10,13H,8-9,11H2,1H3,(H2,23,24,26). The first-order valence-corrected chi connectivity index (χ1v) is 8.35. The van der Waals surface area contributed by atoms with Crippen LogP contribution in [0, 0.1) is 0 Å². The van der Waals surface area contributed by atoms with Gasteiger partial charge in [0.05, 0.1) is 18.4 Å². The van der Waals surface area contributed by atoms with Crippen molar-refractivity contribution >= 4 is 17.5 Å². The molecule has 1 aromatic carbocycles. The number of amides is 2. The van der Waals surface area contributed by atoms with Crippen LogP contribution < -0.4 is 20.3 Å². The number of aromatic nitrogens is 1. The third-order valence-electron chi connectivity index (χ3n) is 4.28. The summed E-state index contributed by atoms with van der Waals surface area (Å²) in [5.41, 5.74) is -0.229. The summed E-state index contributed by atoms with van der Waals surface area (Å²) in [5.74, 6) is 1.01. The van der Waals surface area contributed by atoms with Crippen molar-refractivity contribution in [2.75, 3.05) is 30.4 Å². The van der Waals surface area contributed by atoms with Gasteiger partial charge in [-0.05, 0) is 30.7 Å². The number of carbonyl (C=O) groups excluding carboxylic acids is 1. The molecule has 0 saturated carbocycles. The number of para-hydroxylation sites is 2. The van der Waals surface area contributed by atoms with Crippen molar-refractivity contribution in [3.63, 3.8) is 0 Å². The molecule has 0 spiro atoms. The van der Waals surface area contributed by atoms with Gasteiger partial charge in [-0.15, -0.1) is 0 Å². The smallest absolute Gasteiger partial charge is 0.417 e. The normalized spacial score (nSPS) is 16.9. The molecule has 1 atom stereocenters. The molecule has 2 heterocycles. The molecule has 9 heteroatoms. The molecule has 1 saturated heterocycles. The highest BCUT2D eigenvalue weighted by atomic mass is 19.4. The number of pyridine rings is 1. The Labute approximate surface area is 154 Å². The van der Waals surface area contributed by atoms with Gasteiger partial charge in [0.25, 0.3) is 0 Å². The molecule has 1 fully saturated rings. The van der Waals surface area contributed by atoms with Gasteiger partial charge < -0.3 is 20.3 Å². The van der Waals surface area contributed by atoms with E-state index in [4.69, 9.17) is 4.74 Å². The monoisotopic (exact) mass is 380 g/mol. The molecule has 27 heavy (non-hydrogen) atoms. The van der Waals surface area contributed by atoms with E-state index < -0.39 is 11.7 Å². The second kappa shape index (κ2) is 7.73. The number of carbonyl (C=O) groups is 1. The average Bonchev–Trinajstić information content (AvgIpc) is 3.10. The van der Waals surface area contributed by atoms with Crippen LogP contribution in [0.3, 0.4) is 0 Å². The predicted molar refractivity (Wildman–Crippen MR) is 95.0 cm³/mol. The number of nitrogens with one attached hydrogen (secondary N) is 2. The quantitative estimate of drug-likeness (QED) is 0.852. The lowest BCUT2D eigenvalue weighted by Crippen LogP contribution is -2.39. The van der Waals surface area contributed by atoms with Crippen LogP contribution >= 0.6 is 0 Å². The van der Waals surface area contributed by atoms with Crippen LogP contribution in [0.4, 0.5) is 29.5 Å². The zero-order chi connectivity index (χ0) is 19.4. The fourth-order valence-electron chi connectivity index (χ4n) is 2.92. The number of hydrogen-bond acceptors (Lipinski definition) is 4. The van der Waals surface area contributed by atoms with Crippen molar-refractivity contribution in [2.24, 2.45) is 0 Å². The highest BCUT2D eigenvalue weighted by molar-refractivity contribution is 5.91. The van der Waals surface area contributed by atoms with Crippen LogP contribution in [0.1, 0.15) is 12.0 Å². The number of methoxy groups -OCH3 is 1. The van der Waals surface area contributed by atoms with Crippen molar-refractivity contribution in [2.45, 2.75) is 18.6 Å². The summed E-state index contributed by atoms with van der Waals surface area (Å²) in [5, 5.41) is 5.59. The predicted octanol–water partition coefficient (Wildman–Crippen LogP) is 3.51. The summed E-state index contributed by atoms with van der Waals surface area (Å²) in [6.07, 6.45) is -2.91. The van der Waals surface area contributed by atoms with Crippen LogP contribution in [-0.4, -0.2) is 37.3 Å². The molecule has 1 aliphatic heterocycles. The summed E-state index contributed by atoms with van der Waals surface area (Å²) >= 11 is 0. The Balaban J connectivity index is 1.56. The van der Waals surface area contributed by atoms with E-state index >= 15 is 0 Å². The molecule has 144 valence electrons. The number of benzene rings is 1. The maximum absolute atomic E-state index is 12.6. The summed E-state index contributed by atoms with van der Waals surface area (Å²) < 4.78 is 43.0. The van der Waals surface area contributed by atoms with Crippen LogP contribution in [0.2, 0.25) is 0 Å². The number of rotatable bonds is 4. The minimum Gasteiger partial charge on any atom is -0.495 e.